The molecule has 8 heteroatoms. The molecule has 0 unspecified atom stereocenters. The fourth-order valence-corrected chi connectivity index (χ4v) is 3.75. The third-order valence-corrected chi connectivity index (χ3v) is 5.19. The first-order valence-electron chi connectivity index (χ1n) is 8.80. The number of fused-ring (bicyclic) bond motifs is 1. The summed E-state index contributed by atoms with van der Waals surface area (Å²) in [5.74, 6) is -0.559. The number of carbonyl (C=O) groups excluding carboxylic acids is 1. The maximum atomic E-state index is 12.6. The zero-order chi connectivity index (χ0) is 18.1. The number of nitrogens with zero attached hydrogens (tertiary/aromatic N) is 2. The highest BCUT2D eigenvalue weighted by atomic mass is 16.5. The number of hydrogen-bond acceptors (Lipinski definition) is 6. The minimum Gasteiger partial charge on any atom is -0.504 e. The van der Waals surface area contributed by atoms with Gasteiger partial charge in [0, 0.05) is 38.3 Å². The number of nitrogens with one attached hydrogen (secondary N) is 1. The number of ether oxygens (including phenoxy) is 2. The zero-order valence-corrected chi connectivity index (χ0v) is 14.3. The fraction of sp³-hybridized carbons (Fsp3) is 0.500. The summed E-state index contributed by atoms with van der Waals surface area (Å²) >= 11 is 0. The van der Waals surface area contributed by atoms with E-state index in [1.54, 1.807) is 0 Å². The van der Waals surface area contributed by atoms with Crippen LogP contribution >= 0.6 is 0 Å². The van der Waals surface area contributed by atoms with Crippen LogP contribution in [0.2, 0.25) is 0 Å². The Hall–Kier alpha value is -2.45. The molecular weight excluding hydrogens is 338 g/mol. The number of aromatic hydroxyl groups is 1. The molecule has 0 bridgehead atoms. The predicted octanol–water partition coefficient (Wildman–Crippen LogP) is 0.858. The second-order valence-corrected chi connectivity index (χ2v) is 6.87. The SMILES string of the molecule is O=C(N[C@@H]1CCOC2(CCOCC2)C1)c1cnc2c(O)cccn2c1=O. The van der Waals surface area contributed by atoms with Gasteiger partial charge in [0.2, 0.25) is 0 Å². The van der Waals surface area contributed by atoms with E-state index in [9.17, 15) is 14.7 Å². The Labute approximate surface area is 149 Å². The van der Waals surface area contributed by atoms with Crippen LogP contribution in [0.25, 0.3) is 5.65 Å². The summed E-state index contributed by atoms with van der Waals surface area (Å²) in [5, 5.41) is 12.7. The molecule has 0 saturated carbocycles. The molecule has 4 rings (SSSR count). The van der Waals surface area contributed by atoms with E-state index in [-0.39, 0.29) is 28.6 Å². The van der Waals surface area contributed by atoms with Gasteiger partial charge in [0.25, 0.3) is 11.5 Å². The van der Waals surface area contributed by atoms with Crippen LogP contribution in [0.15, 0.2) is 29.3 Å². The molecule has 26 heavy (non-hydrogen) atoms. The molecule has 4 heterocycles. The highest BCUT2D eigenvalue weighted by Crippen LogP contribution is 2.34. The molecule has 0 radical (unpaired) electrons. The summed E-state index contributed by atoms with van der Waals surface area (Å²) in [4.78, 5) is 29.3. The van der Waals surface area contributed by atoms with Crippen molar-refractivity contribution in [3.8, 4) is 5.75 Å². The minimum absolute atomic E-state index is 0.0411. The monoisotopic (exact) mass is 359 g/mol. The predicted molar refractivity (Wildman–Crippen MR) is 92.4 cm³/mol. The summed E-state index contributed by atoms with van der Waals surface area (Å²) in [6.45, 7) is 1.91. The number of rotatable bonds is 2. The van der Waals surface area contributed by atoms with Gasteiger partial charge in [-0.05, 0) is 37.8 Å². The third-order valence-electron chi connectivity index (χ3n) is 5.19. The van der Waals surface area contributed by atoms with Gasteiger partial charge < -0.3 is 19.9 Å². The van der Waals surface area contributed by atoms with Crippen LogP contribution < -0.4 is 10.9 Å². The Morgan fingerprint density at radius 3 is 2.96 bits per heavy atom. The lowest BCUT2D eigenvalue weighted by atomic mass is 9.84. The Morgan fingerprint density at radius 1 is 1.35 bits per heavy atom. The first-order valence-corrected chi connectivity index (χ1v) is 8.80. The van der Waals surface area contributed by atoms with E-state index in [1.165, 1.54) is 28.9 Å². The highest BCUT2D eigenvalue weighted by Gasteiger charge is 2.39. The van der Waals surface area contributed by atoms with Crippen molar-refractivity contribution in [1.82, 2.24) is 14.7 Å². The van der Waals surface area contributed by atoms with E-state index in [1.807, 2.05) is 0 Å². The topological polar surface area (TPSA) is 102 Å². The number of amides is 1. The van der Waals surface area contributed by atoms with E-state index in [2.05, 4.69) is 10.3 Å². The molecule has 2 N–H and O–H groups in total. The molecule has 2 aromatic heterocycles. The molecule has 0 aromatic carbocycles. The maximum Gasteiger partial charge on any atom is 0.270 e. The Balaban J connectivity index is 1.54. The molecule has 8 nitrogen and oxygen atoms in total. The van der Waals surface area contributed by atoms with Crippen molar-refractivity contribution in [2.24, 2.45) is 0 Å². The van der Waals surface area contributed by atoms with Crippen molar-refractivity contribution in [2.75, 3.05) is 19.8 Å². The number of carbonyl (C=O) groups is 1. The van der Waals surface area contributed by atoms with Crippen LogP contribution in [0.4, 0.5) is 0 Å². The smallest absolute Gasteiger partial charge is 0.270 e. The average molecular weight is 359 g/mol. The molecule has 2 aromatic rings. The van der Waals surface area contributed by atoms with Crippen molar-refractivity contribution in [3.05, 3.63) is 40.4 Å². The van der Waals surface area contributed by atoms with Gasteiger partial charge in [0.05, 0.1) is 5.60 Å². The number of pyridine rings is 1. The normalized spacial score (nSPS) is 22.4. The van der Waals surface area contributed by atoms with Gasteiger partial charge in [-0.2, -0.15) is 0 Å². The summed E-state index contributed by atoms with van der Waals surface area (Å²) in [5.41, 5.74) is -0.658. The van der Waals surface area contributed by atoms with Gasteiger partial charge in [0.15, 0.2) is 11.4 Å². The lowest BCUT2D eigenvalue weighted by molar-refractivity contribution is -0.139. The molecule has 0 aliphatic carbocycles. The summed E-state index contributed by atoms with van der Waals surface area (Å²) < 4.78 is 12.6. The van der Waals surface area contributed by atoms with Gasteiger partial charge in [-0.15, -0.1) is 0 Å². The lowest BCUT2D eigenvalue weighted by Crippen LogP contribution is -2.51. The van der Waals surface area contributed by atoms with Crippen molar-refractivity contribution in [1.29, 1.82) is 0 Å². The van der Waals surface area contributed by atoms with Crippen LogP contribution in [0, 0.1) is 0 Å². The van der Waals surface area contributed by atoms with Crippen molar-refractivity contribution >= 4 is 11.6 Å². The van der Waals surface area contributed by atoms with Crippen molar-refractivity contribution < 1.29 is 19.4 Å². The molecule has 1 atom stereocenters. The van der Waals surface area contributed by atoms with Gasteiger partial charge in [-0.3, -0.25) is 14.0 Å². The largest absolute Gasteiger partial charge is 0.504 e. The van der Waals surface area contributed by atoms with Crippen LogP contribution in [0.5, 0.6) is 5.75 Å². The molecule has 2 aliphatic rings. The molecule has 2 fully saturated rings. The van der Waals surface area contributed by atoms with Crippen LogP contribution in [-0.4, -0.2) is 51.9 Å². The molecule has 1 amide bonds. The van der Waals surface area contributed by atoms with Crippen LogP contribution in [0.1, 0.15) is 36.0 Å². The molecule has 2 aliphatic heterocycles. The van der Waals surface area contributed by atoms with Crippen molar-refractivity contribution in [2.45, 2.75) is 37.3 Å². The van der Waals surface area contributed by atoms with Gasteiger partial charge in [-0.25, -0.2) is 4.98 Å². The fourth-order valence-electron chi connectivity index (χ4n) is 3.75. The lowest BCUT2D eigenvalue weighted by Gasteiger charge is -2.43. The van der Waals surface area contributed by atoms with E-state index in [0.29, 0.717) is 32.7 Å². The first-order chi connectivity index (χ1) is 12.6. The van der Waals surface area contributed by atoms with E-state index >= 15 is 0 Å². The third kappa shape index (κ3) is 3.06. The van der Waals surface area contributed by atoms with E-state index in [0.717, 1.165) is 12.8 Å². The standard InChI is InChI=1S/C18H21N3O5/c22-14-2-1-6-21-15(14)19-11-13(17(21)24)16(23)20-12-3-7-26-18(10-12)4-8-25-9-5-18/h1-2,6,11-12,22H,3-5,7-10H2,(H,20,23)/t12-/m1/s1. The molecular formula is C18H21N3O5. The van der Waals surface area contributed by atoms with Gasteiger partial charge in [-0.1, -0.05) is 0 Å². The first kappa shape index (κ1) is 17.0. The van der Waals surface area contributed by atoms with Gasteiger partial charge >= 0.3 is 0 Å². The summed E-state index contributed by atoms with van der Waals surface area (Å²) in [6.07, 6.45) is 5.75. The molecule has 1 spiro atoms. The number of aromatic nitrogens is 2. The highest BCUT2D eigenvalue weighted by molar-refractivity contribution is 5.94. The van der Waals surface area contributed by atoms with E-state index < -0.39 is 11.5 Å². The van der Waals surface area contributed by atoms with Crippen molar-refractivity contribution in [3.63, 3.8) is 0 Å². The Morgan fingerprint density at radius 2 is 2.15 bits per heavy atom. The summed E-state index contributed by atoms with van der Waals surface area (Å²) in [7, 11) is 0. The quantitative estimate of drug-likeness (QED) is 0.824. The minimum atomic E-state index is -0.503. The van der Waals surface area contributed by atoms with E-state index in [4.69, 9.17) is 9.47 Å². The maximum absolute atomic E-state index is 12.6. The van der Waals surface area contributed by atoms with Crippen LogP contribution in [0.3, 0.4) is 0 Å². The van der Waals surface area contributed by atoms with Crippen LogP contribution in [-0.2, 0) is 9.47 Å². The van der Waals surface area contributed by atoms with Gasteiger partial charge in [0.1, 0.15) is 5.56 Å². The number of hydrogen-bond donors (Lipinski definition) is 2. The Bertz CT molecular complexity index is 883. The summed E-state index contributed by atoms with van der Waals surface area (Å²) in [6, 6.07) is 2.91. The molecule has 138 valence electrons. The second kappa shape index (κ2) is 6.69. The zero-order valence-electron chi connectivity index (χ0n) is 14.3. The Kier molecular flexibility index (Phi) is 4.37. The second-order valence-electron chi connectivity index (χ2n) is 6.87. The molecule has 2 saturated heterocycles. The average Bonchev–Trinajstić information content (AvgIpc) is 2.63.